The molecule has 3 rings (SSSR count). The van der Waals surface area contributed by atoms with E-state index in [9.17, 15) is 10.1 Å². The summed E-state index contributed by atoms with van der Waals surface area (Å²) in [4.78, 5) is 16.9. The molecule has 0 aliphatic carbocycles. The van der Waals surface area contributed by atoms with Gasteiger partial charge in [0, 0.05) is 43.1 Å². The van der Waals surface area contributed by atoms with Crippen molar-refractivity contribution in [1.29, 1.82) is 5.26 Å². The number of aryl methyl sites for hydroxylation is 2. The van der Waals surface area contributed by atoms with Crippen LogP contribution in [0, 0.1) is 31.1 Å². The number of carbonyl (C=O) groups is 1. The minimum Gasteiger partial charge on any atom is -0.486 e. The minimum atomic E-state index is -0.442. The molecule has 0 fully saturated rings. The van der Waals surface area contributed by atoms with E-state index >= 15 is 0 Å². The van der Waals surface area contributed by atoms with Crippen LogP contribution in [0.4, 0.5) is 5.69 Å². The molecule has 0 aliphatic heterocycles. The number of nitrogens with one attached hydrogen (secondary N) is 1. The van der Waals surface area contributed by atoms with E-state index in [2.05, 4.69) is 28.7 Å². The van der Waals surface area contributed by atoms with Gasteiger partial charge in [-0.2, -0.15) is 5.26 Å². The number of hydrogen-bond acceptors (Lipinski definition) is 4. The Morgan fingerprint density at radius 3 is 2.59 bits per heavy atom. The highest BCUT2D eigenvalue weighted by molar-refractivity contribution is 6.09. The summed E-state index contributed by atoms with van der Waals surface area (Å²) in [6, 6.07) is 11.1. The minimum absolute atomic E-state index is 0.0601. The highest BCUT2D eigenvalue weighted by Crippen LogP contribution is 2.21. The van der Waals surface area contributed by atoms with Crippen molar-refractivity contribution >= 4 is 17.7 Å². The van der Waals surface area contributed by atoms with E-state index in [1.807, 2.05) is 43.8 Å². The Kier molecular flexibility index (Phi) is 7.16. The fourth-order valence-corrected chi connectivity index (χ4v) is 3.44. The van der Waals surface area contributed by atoms with Crippen molar-refractivity contribution in [3.63, 3.8) is 0 Å². The molecule has 7 nitrogen and oxygen atoms in total. The zero-order valence-corrected chi connectivity index (χ0v) is 19.2. The number of carbonyl (C=O) groups excluding carboxylic acids is 1. The molecule has 1 aromatic carbocycles. The molecular formula is C25H29N5O2. The Hall–Kier alpha value is -3.79. The molecule has 1 amide bonds. The van der Waals surface area contributed by atoms with E-state index in [1.165, 1.54) is 0 Å². The molecule has 2 heterocycles. The summed E-state index contributed by atoms with van der Waals surface area (Å²) in [5, 5.41) is 12.3. The Morgan fingerprint density at radius 1 is 1.28 bits per heavy atom. The molecule has 0 unspecified atom stereocenters. The van der Waals surface area contributed by atoms with Gasteiger partial charge in [-0.05, 0) is 61.7 Å². The van der Waals surface area contributed by atoms with Gasteiger partial charge in [0.25, 0.3) is 5.91 Å². The quantitative estimate of drug-likeness (QED) is 0.417. The number of imidazole rings is 1. The molecule has 7 heteroatoms. The molecule has 0 saturated heterocycles. The zero-order chi connectivity index (χ0) is 23.3. The second kappa shape index (κ2) is 10.0. The smallest absolute Gasteiger partial charge is 0.266 e. The summed E-state index contributed by atoms with van der Waals surface area (Å²) < 4.78 is 9.84. The maximum Gasteiger partial charge on any atom is 0.266 e. The fourth-order valence-electron chi connectivity index (χ4n) is 3.44. The maximum absolute atomic E-state index is 12.7. The van der Waals surface area contributed by atoms with Gasteiger partial charge in [0.1, 0.15) is 29.8 Å². The number of ether oxygens (including phenoxy) is 1. The van der Waals surface area contributed by atoms with E-state index in [4.69, 9.17) is 4.74 Å². The molecular weight excluding hydrogens is 402 g/mol. The Bertz CT molecular complexity index is 1160. The monoisotopic (exact) mass is 431 g/mol. The SMILES string of the molecule is Cc1cc(/C=C(\C#N)C(=O)Nc2ccc(OCc3nccn3C)cc2)c(C)n1CC(C)C. The van der Waals surface area contributed by atoms with Crippen molar-refractivity contribution in [1.82, 2.24) is 14.1 Å². The number of aromatic nitrogens is 3. The summed E-state index contributed by atoms with van der Waals surface area (Å²) in [5.74, 6) is 1.55. The summed E-state index contributed by atoms with van der Waals surface area (Å²) in [6.45, 7) is 9.63. The highest BCUT2D eigenvalue weighted by atomic mass is 16.5. The first-order valence-electron chi connectivity index (χ1n) is 10.6. The van der Waals surface area contributed by atoms with Crippen LogP contribution in [0.1, 0.15) is 36.6 Å². The number of rotatable bonds is 8. The second-order valence-corrected chi connectivity index (χ2v) is 8.22. The van der Waals surface area contributed by atoms with Crippen molar-refractivity contribution in [2.45, 2.75) is 40.8 Å². The molecule has 166 valence electrons. The van der Waals surface area contributed by atoms with Crippen LogP contribution in [-0.2, 0) is 25.0 Å². The third kappa shape index (κ3) is 5.46. The summed E-state index contributed by atoms with van der Waals surface area (Å²) in [7, 11) is 1.91. The van der Waals surface area contributed by atoms with Crippen LogP contribution < -0.4 is 10.1 Å². The van der Waals surface area contributed by atoms with E-state index < -0.39 is 5.91 Å². The Morgan fingerprint density at radius 2 is 2.00 bits per heavy atom. The van der Waals surface area contributed by atoms with Gasteiger partial charge < -0.3 is 19.2 Å². The zero-order valence-electron chi connectivity index (χ0n) is 19.2. The van der Waals surface area contributed by atoms with Gasteiger partial charge >= 0.3 is 0 Å². The van der Waals surface area contributed by atoms with Gasteiger partial charge in [-0.3, -0.25) is 4.79 Å². The van der Waals surface area contributed by atoms with Gasteiger partial charge in [-0.25, -0.2) is 4.98 Å². The van der Waals surface area contributed by atoms with Crippen molar-refractivity contribution in [3.05, 3.63) is 71.1 Å². The Balaban J connectivity index is 1.67. The van der Waals surface area contributed by atoms with Crippen LogP contribution >= 0.6 is 0 Å². The molecule has 0 aliphatic rings. The van der Waals surface area contributed by atoms with Gasteiger partial charge in [-0.15, -0.1) is 0 Å². The molecule has 0 atom stereocenters. The number of nitrogens with zero attached hydrogens (tertiary/aromatic N) is 4. The molecule has 0 spiro atoms. The van der Waals surface area contributed by atoms with Crippen molar-refractivity contribution in [2.75, 3.05) is 5.32 Å². The van der Waals surface area contributed by atoms with Crippen LogP contribution in [0.15, 0.2) is 48.3 Å². The lowest BCUT2D eigenvalue weighted by atomic mass is 10.1. The normalized spacial score (nSPS) is 11.5. The first-order chi connectivity index (χ1) is 15.3. The average Bonchev–Trinajstić information content (AvgIpc) is 3.28. The molecule has 2 aromatic heterocycles. The Labute approximate surface area is 189 Å². The second-order valence-electron chi connectivity index (χ2n) is 8.22. The highest BCUT2D eigenvalue weighted by Gasteiger charge is 2.14. The summed E-state index contributed by atoms with van der Waals surface area (Å²) in [6.07, 6.45) is 5.23. The van der Waals surface area contributed by atoms with Crippen LogP contribution in [0.3, 0.4) is 0 Å². The van der Waals surface area contributed by atoms with Crippen molar-refractivity contribution in [3.8, 4) is 11.8 Å². The van der Waals surface area contributed by atoms with E-state index in [0.717, 1.165) is 29.3 Å². The maximum atomic E-state index is 12.7. The van der Waals surface area contributed by atoms with E-state index in [0.29, 0.717) is 24.0 Å². The summed E-state index contributed by atoms with van der Waals surface area (Å²) in [5.41, 5.74) is 3.69. The largest absolute Gasteiger partial charge is 0.486 e. The molecule has 32 heavy (non-hydrogen) atoms. The van der Waals surface area contributed by atoms with Gasteiger partial charge in [0.2, 0.25) is 0 Å². The topological polar surface area (TPSA) is 84.9 Å². The van der Waals surface area contributed by atoms with Crippen LogP contribution in [0.25, 0.3) is 6.08 Å². The van der Waals surface area contributed by atoms with E-state index in [1.54, 1.807) is 36.5 Å². The molecule has 1 N–H and O–H groups in total. The molecule has 0 saturated carbocycles. The predicted molar refractivity (Wildman–Crippen MR) is 125 cm³/mol. The van der Waals surface area contributed by atoms with Gasteiger partial charge in [0.15, 0.2) is 0 Å². The third-order valence-corrected chi connectivity index (χ3v) is 5.23. The van der Waals surface area contributed by atoms with E-state index in [-0.39, 0.29) is 5.57 Å². The lowest BCUT2D eigenvalue weighted by molar-refractivity contribution is -0.112. The van der Waals surface area contributed by atoms with Crippen molar-refractivity contribution < 1.29 is 9.53 Å². The van der Waals surface area contributed by atoms with Crippen LogP contribution in [0.5, 0.6) is 5.75 Å². The molecule has 3 aromatic rings. The molecule has 0 radical (unpaired) electrons. The van der Waals surface area contributed by atoms with Gasteiger partial charge in [0.05, 0.1) is 0 Å². The number of hydrogen-bond donors (Lipinski definition) is 1. The van der Waals surface area contributed by atoms with Crippen LogP contribution in [-0.4, -0.2) is 20.0 Å². The number of amides is 1. The predicted octanol–water partition coefficient (Wildman–Crippen LogP) is 4.62. The van der Waals surface area contributed by atoms with Crippen LogP contribution in [0.2, 0.25) is 0 Å². The summed E-state index contributed by atoms with van der Waals surface area (Å²) >= 11 is 0. The number of anilines is 1. The van der Waals surface area contributed by atoms with Gasteiger partial charge in [-0.1, -0.05) is 13.8 Å². The standard InChI is InChI=1S/C25H29N5O2/c1-17(2)15-30-18(3)12-20(19(30)4)13-21(14-26)25(31)28-22-6-8-23(9-7-22)32-16-24-27-10-11-29(24)5/h6-13,17H,15-16H2,1-5H3,(H,28,31)/b21-13+. The van der Waals surface area contributed by atoms with Crippen molar-refractivity contribution in [2.24, 2.45) is 13.0 Å². The lowest BCUT2D eigenvalue weighted by Gasteiger charge is -2.12. The first kappa shape index (κ1) is 22.9. The first-order valence-corrected chi connectivity index (χ1v) is 10.6. The third-order valence-electron chi connectivity index (χ3n) is 5.23. The fraction of sp³-hybridized carbons (Fsp3) is 0.320. The molecule has 0 bridgehead atoms. The number of nitriles is 1. The average molecular weight is 432 g/mol. The number of benzene rings is 1. The lowest BCUT2D eigenvalue weighted by Crippen LogP contribution is -2.13.